The van der Waals surface area contributed by atoms with Crippen molar-refractivity contribution in [2.45, 2.75) is 26.2 Å². The van der Waals surface area contributed by atoms with Crippen molar-refractivity contribution in [3.8, 4) is 0 Å². The fraction of sp³-hybridized carbons (Fsp3) is 0.429. The Labute approximate surface area is 106 Å². The van der Waals surface area contributed by atoms with Crippen molar-refractivity contribution < 1.29 is 14.7 Å². The number of aliphatic carboxylic acids is 1. The third kappa shape index (κ3) is 2.70. The van der Waals surface area contributed by atoms with Crippen LogP contribution in [0.25, 0.3) is 0 Å². The zero-order valence-electron chi connectivity index (χ0n) is 10.4. The van der Waals surface area contributed by atoms with Gasteiger partial charge in [-0.1, -0.05) is 6.92 Å². The molecule has 1 unspecified atom stereocenters. The largest absolute Gasteiger partial charge is 0.481 e. The van der Waals surface area contributed by atoms with Crippen LogP contribution in [0.1, 0.15) is 35.7 Å². The lowest BCUT2D eigenvalue weighted by atomic mass is 9.93. The summed E-state index contributed by atoms with van der Waals surface area (Å²) in [6.45, 7) is 2.63. The fourth-order valence-electron chi connectivity index (χ4n) is 2.27. The molecule has 1 aromatic carbocycles. The molecular weight excluding hydrogens is 230 g/mol. The molecular formula is C14H17NO3. The number of ketones is 1. The van der Waals surface area contributed by atoms with E-state index in [-0.39, 0.29) is 12.2 Å². The molecule has 0 spiro atoms. The zero-order chi connectivity index (χ0) is 13.1. The molecule has 4 nitrogen and oxygen atoms in total. The molecule has 1 aliphatic rings. The third-order valence-electron chi connectivity index (χ3n) is 3.26. The van der Waals surface area contributed by atoms with Gasteiger partial charge in [0.25, 0.3) is 0 Å². The highest BCUT2D eigenvalue weighted by atomic mass is 16.4. The molecule has 2 rings (SSSR count). The lowest BCUT2D eigenvalue weighted by molar-refractivity contribution is -0.137. The molecule has 0 bridgehead atoms. The van der Waals surface area contributed by atoms with E-state index in [9.17, 15) is 9.59 Å². The van der Waals surface area contributed by atoms with Crippen LogP contribution in [0.2, 0.25) is 0 Å². The summed E-state index contributed by atoms with van der Waals surface area (Å²) in [4.78, 5) is 22.7. The number of carboxylic acids is 1. The smallest absolute Gasteiger partial charge is 0.304 e. The number of hydrogen-bond donors (Lipinski definition) is 2. The minimum absolute atomic E-state index is 0.0919. The van der Waals surface area contributed by atoms with E-state index >= 15 is 0 Å². The SMILES string of the molecule is CC(CC(=O)O)C(=O)c1ccc2c(c1)CCCN2. The second kappa shape index (κ2) is 5.21. The van der Waals surface area contributed by atoms with E-state index in [1.807, 2.05) is 12.1 Å². The van der Waals surface area contributed by atoms with Crippen molar-refractivity contribution in [2.75, 3.05) is 11.9 Å². The number of carbonyl (C=O) groups is 2. The predicted molar refractivity (Wildman–Crippen MR) is 69.0 cm³/mol. The van der Waals surface area contributed by atoms with E-state index in [1.165, 1.54) is 0 Å². The molecule has 4 heteroatoms. The molecule has 1 aromatic rings. The van der Waals surface area contributed by atoms with Crippen molar-refractivity contribution in [3.63, 3.8) is 0 Å². The number of nitrogens with one attached hydrogen (secondary N) is 1. The summed E-state index contributed by atoms with van der Waals surface area (Å²) in [5.41, 5.74) is 2.85. The first kappa shape index (κ1) is 12.6. The highest BCUT2D eigenvalue weighted by molar-refractivity contribution is 5.99. The zero-order valence-corrected chi connectivity index (χ0v) is 10.4. The van der Waals surface area contributed by atoms with Gasteiger partial charge in [-0.15, -0.1) is 0 Å². The Morgan fingerprint density at radius 1 is 1.44 bits per heavy atom. The first-order chi connectivity index (χ1) is 8.58. The van der Waals surface area contributed by atoms with Gasteiger partial charge in [0.2, 0.25) is 0 Å². The summed E-state index contributed by atoms with van der Waals surface area (Å²) in [5, 5.41) is 12.0. The van der Waals surface area contributed by atoms with E-state index in [4.69, 9.17) is 5.11 Å². The van der Waals surface area contributed by atoms with Gasteiger partial charge in [0.15, 0.2) is 5.78 Å². The van der Waals surface area contributed by atoms with Gasteiger partial charge in [-0.2, -0.15) is 0 Å². The lowest BCUT2D eigenvalue weighted by Gasteiger charge is -2.19. The highest BCUT2D eigenvalue weighted by Crippen LogP contribution is 2.24. The normalized spacial score (nSPS) is 15.4. The van der Waals surface area contributed by atoms with Crippen LogP contribution in [0.4, 0.5) is 5.69 Å². The molecule has 0 radical (unpaired) electrons. The molecule has 96 valence electrons. The molecule has 1 atom stereocenters. The number of rotatable bonds is 4. The van der Waals surface area contributed by atoms with Gasteiger partial charge in [0.1, 0.15) is 0 Å². The van der Waals surface area contributed by atoms with E-state index in [2.05, 4.69) is 5.32 Å². The standard InChI is InChI=1S/C14H17NO3/c1-9(7-13(16)17)14(18)11-4-5-12-10(8-11)3-2-6-15-12/h4-5,8-9,15H,2-3,6-7H2,1H3,(H,16,17). The van der Waals surface area contributed by atoms with Crippen LogP contribution in [-0.2, 0) is 11.2 Å². The summed E-state index contributed by atoms with van der Waals surface area (Å²) in [7, 11) is 0. The average Bonchev–Trinajstić information content (AvgIpc) is 2.36. The molecule has 1 heterocycles. The van der Waals surface area contributed by atoms with Gasteiger partial charge in [-0.3, -0.25) is 9.59 Å². The van der Waals surface area contributed by atoms with Crippen LogP contribution in [0, 0.1) is 5.92 Å². The van der Waals surface area contributed by atoms with E-state index in [0.29, 0.717) is 5.56 Å². The van der Waals surface area contributed by atoms with Crippen molar-refractivity contribution in [1.29, 1.82) is 0 Å². The minimum Gasteiger partial charge on any atom is -0.481 e. The molecule has 1 aliphatic heterocycles. The topological polar surface area (TPSA) is 66.4 Å². The third-order valence-corrected chi connectivity index (χ3v) is 3.26. The van der Waals surface area contributed by atoms with Crippen LogP contribution in [0.15, 0.2) is 18.2 Å². The van der Waals surface area contributed by atoms with Gasteiger partial charge in [-0.25, -0.2) is 0 Å². The summed E-state index contributed by atoms with van der Waals surface area (Å²) in [6, 6.07) is 5.58. The number of carboxylic acid groups (broad SMARTS) is 1. The van der Waals surface area contributed by atoms with Crippen LogP contribution in [0.5, 0.6) is 0 Å². The van der Waals surface area contributed by atoms with Crippen LogP contribution < -0.4 is 5.32 Å². The van der Waals surface area contributed by atoms with E-state index in [0.717, 1.165) is 30.6 Å². The lowest BCUT2D eigenvalue weighted by Crippen LogP contribution is -2.17. The molecule has 0 aromatic heterocycles. The maximum Gasteiger partial charge on any atom is 0.304 e. The van der Waals surface area contributed by atoms with Crippen LogP contribution in [0.3, 0.4) is 0 Å². The minimum atomic E-state index is -0.935. The molecule has 0 saturated heterocycles. The Kier molecular flexibility index (Phi) is 3.65. The Bertz CT molecular complexity index is 482. The number of anilines is 1. The molecule has 0 aliphatic carbocycles. The quantitative estimate of drug-likeness (QED) is 0.801. The summed E-state index contributed by atoms with van der Waals surface area (Å²) in [6.07, 6.45) is 1.92. The summed E-state index contributed by atoms with van der Waals surface area (Å²) >= 11 is 0. The Morgan fingerprint density at radius 3 is 2.94 bits per heavy atom. The number of carbonyl (C=O) groups excluding carboxylic acids is 1. The number of benzene rings is 1. The molecule has 2 N–H and O–H groups in total. The number of Topliss-reactive ketones (excluding diaryl/α,β-unsaturated/α-hetero) is 1. The van der Waals surface area contributed by atoms with Crippen LogP contribution >= 0.6 is 0 Å². The maximum absolute atomic E-state index is 12.1. The molecule has 0 saturated carbocycles. The first-order valence-electron chi connectivity index (χ1n) is 6.20. The fourth-order valence-corrected chi connectivity index (χ4v) is 2.27. The predicted octanol–water partition coefficient (Wildman–Crippen LogP) is 2.34. The van der Waals surface area contributed by atoms with Gasteiger partial charge < -0.3 is 10.4 Å². The van der Waals surface area contributed by atoms with Gasteiger partial charge in [-0.05, 0) is 36.6 Å². The van der Waals surface area contributed by atoms with Gasteiger partial charge in [0.05, 0.1) is 6.42 Å². The Balaban J connectivity index is 2.18. The maximum atomic E-state index is 12.1. The average molecular weight is 247 g/mol. The van der Waals surface area contributed by atoms with Crippen LogP contribution in [-0.4, -0.2) is 23.4 Å². The summed E-state index contributed by atoms with van der Waals surface area (Å²) < 4.78 is 0. The molecule has 0 amide bonds. The monoisotopic (exact) mass is 247 g/mol. The number of hydrogen-bond acceptors (Lipinski definition) is 3. The van der Waals surface area contributed by atoms with Crippen molar-refractivity contribution >= 4 is 17.4 Å². The van der Waals surface area contributed by atoms with E-state index < -0.39 is 11.9 Å². The Morgan fingerprint density at radius 2 is 2.22 bits per heavy atom. The summed E-state index contributed by atoms with van der Waals surface area (Å²) in [5.74, 6) is -1.50. The van der Waals surface area contributed by atoms with Gasteiger partial charge >= 0.3 is 5.97 Å². The van der Waals surface area contributed by atoms with Crippen molar-refractivity contribution in [1.82, 2.24) is 0 Å². The van der Waals surface area contributed by atoms with Gasteiger partial charge in [0, 0.05) is 23.7 Å². The van der Waals surface area contributed by atoms with E-state index in [1.54, 1.807) is 13.0 Å². The first-order valence-corrected chi connectivity index (χ1v) is 6.20. The Hall–Kier alpha value is -1.84. The highest BCUT2D eigenvalue weighted by Gasteiger charge is 2.19. The van der Waals surface area contributed by atoms with Crippen molar-refractivity contribution in [3.05, 3.63) is 29.3 Å². The number of aryl methyl sites for hydroxylation is 1. The second-order valence-electron chi connectivity index (χ2n) is 4.77. The molecule has 0 fully saturated rings. The molecule has 18 heavy (non-hydrogen) atoms. The van der Waals surface area contributed by atoms with Crippen molar-refractivity contribution in [2.24, 2.45) is 5.92 Å². The number of fused-ring (bicyclic) bond motifs is 1. The second-order valence-corrected chi connectivity index (χ2v) is 4.77.